The van der Waals surface area contributed by atoms with Gasteiger partial charge in [0, 0.05) is 18.0 Å². The Balaban J connectivity index is 2.52. The Bertz CT molecular complexity index is 596. The largest absolute Gasteiger partial charge is 0.419 e. The summed E-state index contributed by atoms with van der Waals surface area (Å²) in [6.07, 6.45) is -1.66. The van der Waals surface area contributed by atoms with E-state index in [0.29, 0.717) is 12.1 Å². The molecule has 1 aromatic heterocycles. The van der Waals surface area contributed by atoms with Gasteiger partial charge in [0.05, 0.1) is 11.6 Å². The Morgan fingerprint density at radius 2 is 1.95 bits per heavy atom. The molecule has 1 N–H and O–H groups in total. The lowest BCUT2D eigenvalue weighted by Gasteiger charge is -2.21. The van der Waals surface area contributed by atoms with Crippen molar-refractivity contribution >= 4 is 0 Å². The van der Waals surface area contributed by atoms with Crippen LogP contribution < -0.4 is 5.32 Å². The van der Waals surface area contributed by atoms with Crippen molar-refractivity contribution in [2.75, 3.05) is 6.54 Å². The van der Waals surface area contributed by atoms with Crippen molar-refractivity contribution in [2.45, 2.75) is 19.1 Å². The smallest absolute Gasteiger partial charge is 0.306 e. The van der Waals surface area contributed by atoms with Gasteiger partial charge < -0.3 is 5.32 Å². The maximum atomic E-state index is 14.2. The molecule has 0 radical (unpaired) electrons. The number of pyridine rings is 1. The second-order valence-corrected chi connectivity index (χ2v) is 4.48. The molecule has 0 aliphatic rings. The van der Waals surface area contributed by atoms with E-state index < -0.39 is 23.6 Å². The molecule has 0 saturated carbocycles. The highest BCUT2D eigenvalue weighted by Gasteiger charge is 2.35. The zero-order valence-corrected chi connectivity index (χ0v) is 11.3. The lowest BCUT2D eigenvalue weighted by atomic mass is 9.97. The highest BCUT2D eigenvalue weighted by molar-refractivity contribution is 5.35. The summed E-state index contributed by atoms with van der Waals surface area (Å²) >= 11 is 0. The predicted octanol–water partition coefficient (Wildman–Crippen LogP) is 3.94. The Morgan fingerprint density at radius 1 is 1.19 bits per heavy atom. The molecule has 0 aliphatic heterocycles. The fourth-order valence-electron chi connectivity index (χ4n) is 2.15. The van der Waals surface area contributed by atoms with Gasteiger partial charge >= 0.3 is 6.18 Å². The minimum absolute atomic E-state index is 0.0420. The van der Waals surface area contributed by atoms with Crippen LogP contribution in [0, 0.1) is 5.82 Å². The molecular weight excluding hydrogens is 284 g/mol. The summed E-state index contributed by atoms with van der Waals surface area (Å²) in [6.45, 7) is 2.28. The van der Waals surface area contributed by atoms with Gasteiger partial charge in [-0.2, -0.15) is 13.2 Å². The Labute approximate surface area is 119 Å². The highest BCUT2D eigenvalue weighted by atomic mass is 19.4. The van der Waals surface area contributed by atoms with E-state index in [2.05, 4.69) is 10.3 Å². The van der Waals surface area contributed by atoms with Crippen molar-refractivity contribution in [2.24, 2.45) is 0 Å². The molecule has 1 aromatic carbocycles. The van der Waals surface area contributed by atoms with Gasteiger partial charge in [0.15, 0.2) is 0 Å². The Morgan fingerprint density at radius 3 is 2.52 bits per heavy atom. The van der Waals surface area contributed by atoms with Crippen molar-refractivity contribution in [3.63, 3.8) is 0 Å². The van der Waals surface area contributed by atoms with Crippen LogP contribution in [0.25, 0.3) is 0 Å². The first-order valence-corrected chi connectivity index (χ1v) is 6.44. The van der Waals surface area contributed by atoms with Gasteiger partial charge in [0.1, 0.15) is 5.82 Å². The van der Waals surface area contributed by atoms with Gasteiger partial charge in [-0.15, -0.1) is 0 Å². The summed E-state index contributed by atoms with van der Waals surface area (Å²) in [6, 6.07) is 5.98. The lowest BCUT2D eigenvalue weighted by molar-refractivity contribution is -0.140. The van der Waals surface area contributed by atoms with E-state index in [1.54, 1.807) is 25.3 Å². The zero-order chi connectivity index (χ0) is 15.5. The lowest BCUT2D eigenvalue weighted by Crippen LogP contribution is -2.24. The molecule has 1 atom stereocenters. The van der Waals surface area contributed by atoms with E-state index in [4.69, 9.17) is 0 Å². The van der Waals surface area contributed by atoms with Gasteiger partial charge in [-0.25, -0.2) is 4.39 Å². The second kappa shape index (κ2) is 6.22. The van der Waals surface area contributed by atoms with Crippen molar-refractivity contribution in [1.29, 1.82) is 0 Å². The van der Waals surface area contributed by atoms with Crippen molar-refractivity contribution < 1.29 is 17.6 Å². The van der Waals surface area contributed by atoms with Gasteiger partial charge in [-0.3, -0.25) is 4.98 Å². The quantitative estimate of drug-likeness (QED) is 0.865. The van der Waals surface area contributed by atoms with E-state index in [0.717, 1.165) is 6.07 Å². The molecule has 0 amide bonds. The molecular formula is C15H14F4N2. The standard InChI is InChI=1S/C15H14F4N2/c1-2-21-14(10-5-4-8-20-9-10)11-6-3-7-12(13(11)16)15(17,18)19/h3-9,14,21H,2H2,1H3. The third-order valence-corrected chi connectivity index (χ3v) is 3.07. The summed E-state index contributed by atoms with van der Waals surface area (Å²) in [5, 5.41) is 2.99. The number of hydrogen-bond donors (Lipinski definition) is 1. The van der Waals surface area contributed by atoms with E-state index in [1.165, 1.54) is 18.3 Å². The van der Waals surface area contributed by atoms with E-state index in [1.807, 2.05) is 0 Å². The van der Waals surface area contributed by atoms with Crippen LogP contribution in [0.5, 0.6) is 0 Å². The number of benzene rings is 1. The van der Waals surface area contributed by atoms with Gasteiger partial charge in [-0.1, -0.05) is 25.1 Å². The van der Waals surface area contributed by atoms with Crippen molar-refractivity contribution in [1.82, 2.24) is 10.3 Å². The molecule has 1 heterocycles. The van der Waals surface area contributed by atoms with E-state index >= 15 is 0 Å². The molecule has 112 valence electrons. The zero-order valence-electron chi connectivity index (χ0n) is 11.3. The number of hydrogen-bond acceptors (Lipinski definition) is 2. The van der Waals surface area contributed by atoms with Crippen LogP contribution >= 0.6 is 0 Å². The molecule has 0 bridgehead atoms. The Kier molecular flexibility index (Phi) is 4.57. The van der Waals surface area contributed by atoms with Gasteiger partial charge in [0.2, 0.25) is 0 Å². The number of rotatable bonds is 4. The molecule has 1 unspecified atom stereocenters. The van der Waals surface area contributed by atoms with Crippen molar-refractivity contribution in [3.8, 4) is 0 Å². The molecule has 2 rings (SSSR count). The molecule has 0 aliphatic carbocycles. The molecule has 6 heteroatoms. The number of alkyl halides is 3. The molecule has 2 nitrogen and oxygen atoms in total. The number of nitrogens with one attached hydrogen (secondary N) is 1. The maximum Gasteiger partial charge on any atom is 0.419 e. The third kappa shape index (κ3) is 3.39. The average Bonchev–Trinajstić information content (AvgIpc) is 2.45. The first-order valence-electron chi connectivity index (χ1n) is 6.44. The van der Waals surface area contributed by atoms with Crippen LogP contribution in [-0.4, -0.2) is 11.5 Å². The molecule has 0 spiro atoms. The monoisotopic (exact) mass is 298 g/mol. The van der Waals surface area contributed by atoms with Crippen LogP contribution in [0.1, 0.15) is 29.7 Å². The van der Waals surface area contributed by atoms with E-state index in [9.17, 15) is 17.6 Å². The van der Waals surface area contributed by atoms with Crippen LogP contribution in [-0.2, 0) is 6.18 Å². The third-order valence-electron chi connectivity index (χ3n) is 3.07. The first-order chi connectivity index (χ1) is 9.95. The molecule has 2 aromatic rings. The fourth-order valence-corrected chi connectivity index (χ4v) is 2.15. The normalized spacial score (nSPS) is 13.2. The maximum absolute atomic E-state index is 14.2. The predicted molar refractivity (Wildman–Crippen MR) is 71.2 cm³/mol. The highest BCUT2D eigenvalue weighted by Crippen LogP contribution is 2.35. The minimum Gasteiger partial charge on any atom is -0.306 e. The minimum atomic E-state index is -4.72. The fraction of sp³-hybridized carbons (Fsp3) is 0.267. The summed E-state index contributed by atoms with van der Waals surface area (Å²) in [5.41, 5.74) is -0.691. The first kappa shape index (κ1) is 15.4. The summed E-state index contributed by atoms with van der Waals surface area (Å²) < 4.78 is 52.7. The van der Waals surface area contributed by atoms with Crippen LogP contribution in [0.3, 0.4) is 0 Å². The van der Waals surface area contributed by atoms with Crippen LogP contribution in [0.2, 0.25) is 0 Å². The molecule has 0 saturated heterocycles. The van der Waals surface area contributed by atoms with Gasteiger partial charge in [-0.05, 0) is 24.2 Å². The SMILES string of the molecule is CCNC(c1cccnc1)c1cccc(C(F)(F)F)c1F. The summed E-state index contributed by atoms with van der Waals surface area (Å²) in [7, 11) is 0. The summed E-state index contributed by atoms with van der Waals surface area (Å²) in [5.74, 6) is -1.25. The summed E-state index contributed by atoms with van der Waals surface area (Å²) in [4.78, 5) is 3.93. The molecule has 0 fully saturated rings. The van der Waals surface area contributed by atoms with Crippen LogP contribution in [0.4, 0.5) is 17.6 Å². The Hall–Kier alpha value is -1.95. The topological polar surface area (TPSA) is 24.9 Å². The van der Waals surface area contributed by atoms with Crippen LogP contribution in [0.15, 0.2) is 42.7 Å². The average molecular weight is 298 g/mol. The molecule has 21 heavy (non-hydrogen) atoms. The van der Waals surface area contributed by atoms with E-state index in [-0.39, 0.29) is 5.56 Å². The number of nitrogens with zero attached hydrogens (tertiary/aromatic N) is 1. The second-order valence-electron chi connectivity index (χ2n) is 4.48. The number of halogens is 4. The number of aromatic nitrogens is 1. The van der Waals surface area contributed by atoms with Gasteiger partial charge in [0.25, 0.3) is 0 Å². The van der Waals surface area contributed by atoms with Crippen molar-refractivity contribution in [3.05, 3.63) is 65.2 Å².